The predicted octanol–water partition coefficient (Wildman–Crippen LogP) is 2.96. The van der Waals surface area contributed by atoms with Gasteiger partial charge in [-0.3, -0.25) is 4.79 Å². The van der Waals surface area contributed by atoms with Gasteiger partial charge in [-0.1, -0.05) is 35.9 Å². The largest absolute Gasteiger partial charge is 0.480 e. The lowest BCUT2D eigenvalue weighted by Crippen LogP contribution is -2.43. The van der Waals surface area contributed by atoms with Crippen LogP contribution >= 0.6 is 11.6 Å². The highest BCUT2D eigenvalue weighted by Crippen LogP contribution is 2.22. The number of hydrogen-bond acceptors (Lipinski definition) is 3. The molecule has 0 heterocycles. The SMILES string of the molecule is Cc1ccc(Cl)cc1CC(C(=O)O)N(C)S(=O)(=O)c1ccccc1. The number of hydrogen-bond donors (Lipinski definition) is 1. The van der Waals surface area contributed by atoms with Crippen LogP contribution in [0.3, 0.4) is 0 Å². The Balaban J connectivity index is 2.37. The van der Waals surface area contributed by atoms with E-state index in [1.54, 1.807) is 36.4 Å². The van der Waals surface area contributed by atoms with Crippen LogP contribution in [-0.4, -0.2) is 36.9 Å². The number of nitrogens with zero attached hydrogens (tertiary/aromatic N) is 1. The second kappa shape index (κ2) is 7.34. The molecule has 2 aromatic carbocycles. The molecule has 0 aliphatic heterocycles. The van der Waals surface area contributed by atoms with Crippen molar-refractivity contribution in [3.05, 3.63) is 64.7 Å². The highest BCUT2D eigenvalue weighted by atomic mass is 35.5. The van der Waals surface area contributed by atoms with Crippen molar-refractivity contribution in [2.75, 3.05) is 7.05 Å². The number of likely N-dealkylation sites (N-methyl/N-ethyl adjacent to an activating group) is 1. The van der Waals surface area contributed by atoms with Gasteiger partial charge in [0.05, 0.1) is 4.90 Å². The molecule has 2 rings (SSSR count). The molecule has 1 N–H and O–H groups in total. The maximum atomic E-state index is 12.7. The molecule has 0 bridgehead atoms. The Bertz CT molecular complexity index is 837. The number of aliphatic carboxylic acids is 1. The van der Waals surface area contributed by atoms with E-state index in [1.165, 1.54) is 19.2 Å². The van der Waals surface area contributed by atoms with Crippen LogP contribution in [0.1, 0.15) is 11.1 Å². The molecule has 0 aliphatic carbocycles. The molecule has 5 nitrogen and oxygen atoms in total. The lowest BCUT2D eigenvalue weighted by Gasteiger charge is -2.25. The van der Waals surface area contributed by atoms with Gasteiger partial charge < -0.3 is 5.11 Å². The summed E-state index contributed by atoms with van der Waals surface area (Å²) in [7, 11) is -2.63. The minimum absolute atomic E-state index is 0.0320. The average molecular weight is 368 g/mol. The van der Waals surface area contributed by atoms with Crippen LogP contribution < -0.4 is 0 Å². The Morgan fingerprint density at radius 3 is 2.42 bits per heavy atom. The minimum Gasteiger partial charge on any atom is -0.480 e. The van der Waals surface area contributed by atoms with Crippen molar-refractivity contribution >= 4 is 27.6 Å². The quantitative estimate of drug-likeness (QED) is 0.851. The number of carboxylic acid groups (broad SMARTS) is 1. The number of rotatable bonds is 6. The van der Waals surface area contributed by atoms with Crippen molar-refractivity contribution in [3.8, 4) is 0 Å². The Morgan fingerprint density at radius 1 is 1.21 bits per heavy atom. The van der Waals surface area contributed by atoms with Crippen LogP contribution in [0, 0.1) is 6.92 Å². The molecule has 0 aliphatic rings. The summed E-state index contributed by atoms with van der Waals surface area (Å²) in [6, 6.07) is 11.7. The first-order valence-corrected chi connectivity index (χ1v) is 9.06. The van der Waals surface area contributed by atoms with Crippen molar-refractivity contribution < 1.29 is 18.3 Å². The maximum Gasteiger partial charge on any atom is 0.322 e. The summed E-state index contributed by atoms with van der Waals surface area (Å²) < 4.78 is 26.2. The minimum atomic E-state index is -3.91. The number of carbonyl (C=O) groups is 1. The first-order chi connectivity index (χ1) is 11.2. The standard InChI is InChI=1S/C17H18ClNO4S/c1-12-8-9-14(18)10-13(12)11-16(17(20)21)19(2)24(22,23)15-6-4-3-5-7-15/h3-10,16H,11H2,1-2H3,(H,20,21). The molecule has 0 radical (unpaired) electrons. The van der Waals surface area contributed by atoms with Crippen LogP contribution in [0.15, 0.2) is 53.4 Å². The number of aryl methyl sites for hydroxylation is 1. The second-order valence-corrected chi connectivity index (χ2v) is 7.90. The van der Waals surface area contributed by atoms with Gasteiger partial charge in [0.15, 0.2) is 0 Å². The van der Waals surface area contributed by atoms with E-state index in [0.29, 0.717) is 10.6 Å². The molecule has 2 aromatic rings. The summed E-state index contributed by atoms with van der Waals surface area (Å²) in [6.45, 7) is 1.83. The second-order valence-electron chi connectivity index (χ2n) is 5.46. The van der Waals surface area contributed by atoms with Crippen molar-refractivity contribution in [2.24, 2.45) is 0 Å². The number of halogens is 1. The zero-order chi connectivity index (χ0) is 17.9. The van der Waals surface area contributed by atoms with E-state index in [2.05, 4.69) is 0 Å². The van der Waals surface area contributed by atoms with Gasteiger partial charge in [-0.25, -0.2) is 8.42 Å². The number of sulfonamides is 1. The molecule has 0 saturated carbocycles. The van der Waals surface area contributed by atoms with E-state index in [0.717, 1.165) is 9.87 Å². The van der Waals surface area contributed by atoms with Gasteiger partial charge in [-0.15, -0.1) is 0 Å². The van der Waals surface area contributed by atoms with Gasteiger partial charge in [0, 0.05) is 18.5 Å². The Kier molecular flexibility index (Phi) is 5.64. The van der Waals surface area contributed by atoms with Gasteiger partial charge in [-0.05, 0) is 42.3 Å². The monoisotopic (exact) mass is 367 g/mol. The molecule has 0 fully saturated rings. The summed E-state index contributed by atoms with van der Waals surface area (Å²) >= 11 is 5.97. The van der Waals surface area contributed by atoms with Crippen LogP contribution in [0.2, 0.25) is 5.02 Å². The van der Waals surface area contributed by atoms with Crippen LogP contribution in [-0.2, 0) is 21.2 Å². The number of benzene rings is 2. The fraction of sp³-hybridized carbons (Fsp3) is 0.235. The Morgan fingerprint density at radius 2 is 1.83 bits per heavy atom. The Labute approximate surface area is 146 Å². The van der Waals surface area contributed by atoms with Gasteiger partial charge in [-0.2, -0.15) is 4.31 Å². The third kappa shape index (κ3) is 3.95. The summed E-state index contributed by atoms with van der Waals surface area (Å²) in [4.78, 5) is 11.7. The first kappa shape index (κ1) is 18.4. The van der Waals surface area contributed by atoms with Crippen molar-refractivity contribution in [2.45, 2.75) is 24.3 Å². The van der Waals surface area contributed by atoms with Gasteiger partial charge in [0.25, 0.3) is 0 Å². The van der Waals surface area contributed by atoms with Crippen LogP contribution in [0.5, 0.6) is 0 Å². The molecular formula is C17H18ClNO4S. The lowest BCUT2D eigenvalue weighted by atomic mass is 10.0. The van der Waals surface area contributed by atoms with E-state index < -0.39 is 22.0 Å². The Hall–Kier alpha value is -1.89. The molecule has 1 unspecified atom stereocenters. The number of carboxylic acids is 1. The van der Waals surface area contributed by atoms with Crippen LogP contribution in [0.4, 0.5) is 0 Å². The lowest BCUT2D eigenvalue weighted by molar-refractivity contribution is -0.141. The summed E-state index contributed by atoms with van der Waals surface area (Å²) in [5, 5.41) is 10.0. The summed E-state index contributed by atoms with van der Waals surface area (Å²) in [5.74, 6) is -1.21. The highest BCUT2D eigenvalue weighted by Gasteiger charge is 2.33. The third-order valence-corrected chi connectivity index (χ3v) is 5.98. The van der Waals surface area contributed by atoms with Crippen molar-refractivity contribution in [3.63, 3.8) is 0 Å². The molecular weight excluding hydrogens is 350 g/mol. The first-order valence-electron chi connectivity index (χ1n) is 7.24. The highest BCUT2D eigenvalue weighted by molar-refractivity contribution is 7.89. The topological polar surface area (TPSA) is 74.7 Å². The fourth-order valence-electron chi connectivity index (χ4n) is 2.37. The van der Waals surface area contributed by atoms with Gasteiger partial charge >= 0.3 is 5.97 Å². The van der Waals surface area contributed by atoms with Crippen LogP contribution in [0.25, 0.3) is 0 Å². The molecule has 0 aromatic heterocycles. The molecule has 0 amide bonds. The van der Waals surface area contributed by atoms with E-state index in [4.69, 9.17) is 11.6 Å². The normalized spacial score (nSPS) is 13.0. The summed E-state index contributed by atoms with van der Waals surface area (Å²) in [5.41, 5.74) is 1.56. The third-order valence-electron chi connectivity index (χ3n) is 3.87. The summed E-state index contributed by atoms with van der Waals surface area (Å²) in [6.07, 6.45) is 0.0320. The van der Waals surface area contributed by atoms with E-state index in [-0.39, 0.29) is 11.3 Å². The fourth-order valence-corrected chi connectivity index (χ4v) is 3.89. The van der Waals surface area contributed by atoms with Crippen molar-refractivity contribution in [1.82, 2.24) is 4.31 Å². The molecule has 0 spiro atoms. The smallest absolute Gasteiger partial charge is 0.322 e. The van der Waals surface area contributed by atoms with E-state index in [9.17, 15) is 18.3 Å². The zero-order valence-electron chi connectivity index (χ0n) is 13.3. The van der Waals surface area contributed by atoms with Crippen molar-refractivity contribution in [1.29, 1.82) is 0 Å². The molecule has 7 heteroatoms. The predicted molar refractivity (Wildman–Crippen MR) is 92.7 cm³/mol. The average Bonchev–Trinajstić information content (AvgIpc) is 2.55. The molecule has 24 heavy (non-hydrogen) atoms. The van der Waals surface area contributed by atoms with E-state index >= 15 is 0 Å². The molecule has 128 valence electrons. The molecule has 1 atom stereocenters. The zero-order valence-corrected chi connectivity index (χ0v) is 14.9. The maximum absolute atomic E-state index is 12.7. The van der Waals surface area contributed by atoms with Gasteiger partial charge in [0.2, 0.25) is 10.0 Å². The van der Waals surface area contributed by atoms with E-state index in [1.807, 2.05) is 6.92 Å². The van der Waals surface area contributed by atoms with Gasteiger partial charge in [0.1, 0.15) is 6.04 Å². The molecule has 0 saturated heterocycles.